The molecule has 0 aromatic carbocycles. The van der Waals surface area contributed by atoms with E-state index in [2.05, 4.69) is 5.10 Å². The summed E-state index contributed by atoms with van der Waals surface area (Å²) in [5, 5.41) is 12.6. The Kier molecular flexibility index (Phi) is 4.10. The number of nitrogens with zero attached hydrogens (tertiary/aromatic N) is 2. The maximum absolute atomic E-state index is 10.4. The zero-order valence-corrected chi connectivity index (χ0v) is 9.67. The van der Waals surface area contributed by atoms with Gasteiger partial charge in [0.2, 0.25) is 0 Å². The van der Waals surface area contributed by atoms with Gasteiger partial charge in [0, 0.05) is 12.1 Å². The van der Waals surface area contributed by atoms with Gasteiger partial charge in [-0.3, -0.25) is 4.68 Å². The molecule has 0 bridgehead atoms. The van der Waals surface area contributed by atoms with Gasteiger partial charge in [0.15, 0.2) is 5.75 Å². The van der Waals surface area contributed by atoms with Crippen LogP contribution in [0.1, 0.15) is 26.8 Å². The molecule has 0 aliphatic rings. The average molecular weight is 224 g/mol. The summed E-state index contributed by atoms with van der Waals surface area (Å²) in [6, 6.07) is 0.285. The van der Waals surface area contributed by atoms with Gasteiger partial charge in [-0.15, -0.1) is 0 Å². The summed E-state index contributed by atoms with van der Waals surface area (Å²) in [4.78, 5) is 10.4. The maximum Gasteiger partial charge on any atom is 0.328 e. The van der Waals surface area contributed by atoms with Crippen LogP contribution in [0.4, 0.5) is 0 Å². The Morgan fingerprint density at radius 1 is 1.69 bits per heavy atom. The van der Waals surface area contributed by atoms with Crippen molar-refractivity contribution in [1.82, 2.24) is 9.78 Å². The van der Waals surface area contributed by atoms with Crippen LogP contribution in [0.2, 0.25) is 0 Å². The minimum Gasteiger partial charge on any atom is -0.486 e. The monoisotopic (exact) mass is 224 g/mol. The standard InChI is InChI=1S/C11H16N2O3/c1-8(2)13-6-10(5-12-13)16-7-9(3)4-11(14)15/h4-6,8H,7H2,1-3H3,(H,14,15)/b9-4+. The molecule has 5 nitrogen and oxygen atoms in total. The minimum absolute atomic E-state index is 0.260. The summed E-state index contributed by atoms with van der Waals surface area (Å²) >= 11 is 0. The summed E-state index contributed by atoms with van der Waals surface area (Å²) in [6.07, 6.45) is 4.54. The van der Waals surface area contributed by atoms with E-state index in [4.69, 9.17) is 9.84 Å². The van der Waals surface area contributed by atoms with Crippen LogP contribution in [0.25, 0.3) is 0 Å². The Bertz CT molecular complexity index is 394. The molecule has 1 rings (SSSR count). The van der Waals surface area contributed by atoms with E-state index in [1.54, 1.807) is 24.0 Å². The molecule has 0 saturated heterocycles. The van der Waals surface area contributed by atoms with E-state index < -0.39 is 5.97 Å². The molecular formula is C11H16N2O3. The Hall–Kier alpha value is -1.78. The number of hydrogen-bond acceptors (Lipinski definition) is 3. The largest absolute Gasteiger partial charge is 0.486 e. The zero-order valence-electron chi connectivity index (χ0n) is 9.67. The Morgan fingerprint density at radius 3 is 2.88 bits per heavy atom. The van der Waals surface area contributed by atoms with Crippen molar-refractivity contribution in [3.63, 3.8) is 0 Å². The highest BCUT2D eigenvalue weighted by molar-refractivity contribution is 5.80. The summed E-state index contributed by atoms with van der Waals surface area (Å²) in [5.41, 5.74) is 0.657. The van der Waals surface area contributed by atoms with Gasteiger partial charge in [0.1, 0.15) is 6.61 Å². The van der Waals surface area contributed by atoms with Crippen LogP contribution in [-0.2, 0) is 4.79 Å². The molecule has 0 radical (unpaired) electrons. The van der Waals surface area contributed by atoms with Gasteiger partial charge in [-0.05, 0) is 26.3 Å². The lowest BCUT2D eigenvalue weighted by Crippen LogP contribution is -2.02. The van der Waals surface area contributed by atoms with Crippen LogP contribution >= 0.6 is 0 Å². The first-order valence-corrected chi connectivity index (χ1v) is 5.06. The molecule has 1 aromatic heterocycles. The predicted octanol–water partition coefficient (Wildman–Crippen LogP) is 1.87. The highest BCUT2D eigenvalue weighted by atomic mass is 16.5. The minimum atomic E-state index is -0.959. The molecule has 0 aliphatic carbocycles. The lowest BCUT2D eigenvalue weighted by molar-refractivity contribution is -0.131. The van der Waals surface area contributed by atoms with Gasteiger partial charge in [-0.2, -0.15) is 5.10 Å². The van der Waals surface area contributed by atoms with E-state index >= 15 is 0 Å². The first-order valence-electron chi connectivity index (χ1n) is 5.06. The van der Waals surface area contributed by atoms with E-state index in [1.165, 1.54) is 0 Å². The lowest BCUT2D eigenvalue weighted by Gasteiger charge is -2.04. The van der Waals surface area contributed by atoms with Crippen LogP contribution in [0.15, 0.2) is 24.0 Å². The second kappa shape index (κ2) is 5.34. The van der Waals surface area contributed by atoms with Crippen LogP contribution < -0.4 is 4.74 Å². The molecule has 88 valence electrons. The van der Waals surface area contributed by atoms with Crippen molar-refractivity contribution in [2.24, 2.45) is 0 Å². The Balaban J connectivity index is 2.51. The van der Waals surface area contributed by atoms with Crippen molar-refractivity contribution in [1.29, 1.82) is 0 Å². The van der Waals surface area contributed by atoms with Crippen molar-refractivity contribution in [2.75, 3.05) is 6.61 Å². The fraction of sp³-hybridized carbons (Fsp3) is 0.455. The average Bonchev–Trinajstić information content (AvgIpc) is 2.61. The van der Waals surface area contributed by atoms with Crippen LogP contribution in [0, 0.1) is 0 Å². The number of rotatable bonds is 5. The van der Waals surface area contributed by atoms with Crippen molar-refractivity contribution >= 4 is 5.97 Å². The molecule has 5 heteroatoms. The van der Waals surface area contributed by atoms with Gasteiger partial charge in [-0.25, -0.2) is 4.79 Å². The molecule has 1 heterocycles. The van der Waals surface area contributed by atoms with E-state index in [-0.39, 0.29) is 12.6 Å². The number of carbonyl (C=O) groups is 1. The third-order valence-electron chi connectivity index (χ3n) is 1.94. The van der Waals surface area contributed by atoms with E-state index in [0.29, 0.717) is 11.3 Å². The van der Waals surface area contributed by atoms with Crippen molar-refractivity contribution in [3.8, 4) is 5.75 Å². The van der Waals surface area contributed by atoms with E-state index in [9.17, 15) is 4.79 Å². The first-order chi connectivity index (χ1) is 7.49. The van der Waals surface area contributed by atoms with Crippen LogP contribution in [0.3, 0.4) is 0 Å². The third-order valence-corrected chi connectivity index (χ3v) is 1.94. The second-order valence-corrected chi connectivity index (χ2v) is 3.87. The quantitative estimate of drug-likeness (QED) is 0.775. The number of aromatic nitrogens is 2. The van der Waals surface area contributed by atoms with Gasteiger partial charge < -0.3 is 9.84 Å². The molecule has 1 aromatic rings. The normalized spacial score (nSPS) is 11.9. The zero-order chi connectivity index (χ0) is 12.1. The summed E-state index contributed by atoms with van der Waals surface area (Å²) in [6.45, 7) is 6.01. The SMILES string of the molecule is C/C(=C\C(=O)O)COc1cnn(C(C)C)c1. The van der Waals surface area contributed by atoms with Crippen molar-refractivity contribution in [2.45, 2.75) is 26.8 Å². The fourth-order valence-electron chi connectivity index (χ4n) is 1.13. The number of ether oxygens (including phenoxy) is 1. The number of carboxylic acid groups (broad SMARTS) is 1. The Morgan fingerprint density at radius 2 is 2.38 bits per heavy atom. The third kappa shape index (κ3) is 3.76. The van der Waals surface area contributed by atoms with Gasteiger partial charge in [0.05, 0.1) is 12.4 Å². The molecule has 0 saturated carbocycles. The molecule has 0 aliphatic heterocycles. The number of hydrogen-bond donors (Lipinski definition) is 1. The van der Waals surface area contributed by atoms with Gasteiger partial charge in [-0.1, -0.05) is 0 Å². The molecule has 0 atom stereocenters. The second-order valence-electron chi connectivity index (χ2n) is 3.87. The lowest BCUT2D eigenvalue weighted by atomic mass is 10.3. The topological polar surface area (TPSA) is 64.3 Å². The fourth-order valence-corrected chi connectivity index (χ4v) is 1.13. The molecule has 0 spiro atoms. The maximum atomic E-state index is 10.4. The summed E-state index contributed by atoms with van der Waals surface area (Å²) < 4.78 is 7.17. The number of aliphatic carboxylic acids is 1. The highest BCUT2D eigenvalue weighted by Crippen LogP contribution is 2.13. The molecule has 0 amide bonds. The molecule has 16 heavy (non-hydrogen) atoms. The molecular weight excluding hydrogens is 208 g/mol. The van der Waals surface area contributed by atoms with E-state index in [0.717, 1.165) is 6.08 Å². The van der Waals surface area contributed by atoms with Crippen molar-refractivity contribution < 1.29 is 14.6 Å². The molecule has 0 unspecified atom stereocenters. The predicted molar refractivity (Wildman–Crippen MR) is 59.5 cm³/mol. The summed E-state index contributed by atoms with van der Waals surface area (Å²) in [7, 11) is 0. The van der Waals surface area contributed by atoms with Crippen LogP contribution in [0.5, 0.6) is 5.75 Å². The van der Waals surface area contributed by atoms with Gasteiger partial charge >= 0.3 is 5.97 Å². The van der Waals surface area contributed by atoms with Crippen LogP contribution in [-0.4, -0.2) is 27.5 Å². The van der Waals surface area contributed by atoms with Crippen molar-refractivity contribution in [3.05, 3.63) is 24.0 Å². The van der Waals surface area contributed by atoms with E-state index in [1.807, 2.05) is 13.8 Å². The molecule has 1 N–H and O–H groups in total. The van der Waals surface area contributed by atoms with Gasteiger partial charge in [0.25, 0.3) is 0 Å². The summed E-state index contributed by atoms with van der Waals surface area (Å²) in [5.74, 6) is -0.314. The Labute approximate surface area is 94.3 Å². The smallest absolute Gasteiger partial charge is 0.328 e. The highest BCUT2D eigenvalue weighted by Gasteiger charge is 2.03. The number of carboxylic acids is 1. The molecule has 0 fully saturated rings. The first kappa shape index (κ1) is 12.3.